The van der Waals surface area contributed by atoms with E-state index in [2.05, 4.69) is 30.6 Å². The number of carbonyl (C=O) groups is 1. The van der Waals surface area contributed by atoms with Crippen molar-refractivity contribution < 1.29 is 4.79 Å². The summed E-state index contributed by atoms with van der Waals surface area (Å²) < 4.78 is 1.70. The van der Waals surface area contributed by atoms with E-state index < -0.39 is 0 Å². The van der Waals surface area contributed by atoms with Crippen LogP contribution in [0.25, 0.3) is 5.65 Å². The molecule has 8 heteroatoms. The smallest absolute Gasteiger partial charge is 0.278 e. The van der Waals surface area contributed by atoms with E-state index in [9.17, 15) is 4.79 Å². The molecule has 1 aromatic carbocycles. The van der Waals surface area contributed by atoms with Crippen LogP contribution in [-0.4, -0.2) is 30.2 Å². The first-order valence-electron chi connectivity index (χ1n) is 7.53. The standard InChI is InChI=1S/C17H13N7O/c25-16(14-15-18-9-2-10-24(15)11-21-14)22-12-3-5-13(6-4-12)23-17-19-7-1-8-20-17/h1-11H,(H,22,25)(H,19,20,23). The molecule has 0 saturated carbocycles. The molecule has 0 aliphatic rings. The average Bonchev–Trinajstić information content (AvgIpc) is 3.08. The van der Waals surface area contributed by atoms with Crippen LogP contribution in [-0.2, 0) is 0 Å². The van der Waals surface area contributed by atoms with E-state index in [-0.39, 0.29) is 11.6 Å². The molecular formula is C17H13N7O. The van der Waals surface area contributed by atoms with Gasteiger partial charge in [-0.3, -0.25) is 9.20 Å². The van der Waals surface area contributed by atoms with Crippen LogP contribution in [0.1, 0.15) is 10.5 Å². The Hall–Kier alpha value is -3.81. The molecule has 0 spiro atoms. The van der Waals surface area contributed by atoms with E-state index in [1.807, 2.05) is 12.1 Å². The second kappa shape index (κ2) is 6.36. The topological polar surface area (TPSA) is 97.1 Å². The highest BCUT2D eigenvalue weighted by atomic mass is 16.1. The van der Waals surface area contributed by atoms with Gasteiger partial charge in [0.25, 0.3) is 5.91 Å². The van der Waals surface area contributed by atoms with Gasteiger partial charge in [-0.05, 0) is 36.4 Å². The summed E-state index contributed by atoms with van der Waals surface area (Å²) in [6.45, 7) is 0. The zero-order valence-corrected chi connectivity index (χ0v) is 13.0. The molecule has 3 aromatic heterocycles. The quantitative estimate of drug-likeness (QED) is 0.596. The third-order valence-electron chi connectivity index (χ3n) is 3.48. The van der Waals surface area contributed by atoms with Crippen LogP contribution in [0.4, 0.5) is 17.3 Å². The van der Waals surface area contributed by atoms with E-state index >= 15 is 0 Å². The maximum Gasteiger partial charge on any atom is 0.278 e. The predicted octanol–water partition coefficient (Wildman–Crippen LogP) is 2.52. The Morgan fingerprint density at radius 2 is 1.60 bits per heavy atom. The molecule has 0 radical (unpaired) electrons. The minimum absolute atomic E-state index is 0.278. The number of amides is 1. The molecule has 2 N–H and O–H groups in total. The number of rotatable bonds is 4. The fraction of sp³-hybridized carbons (Fsp3) is 0. The molecule has 8 nitrogen and oxygen atoms in total. The van der Waals surface area contributed by atoms with Crippen molar-refractivity contribution in [3.63, 3.8) is 0 Å². The van der Waals surface area contributed by atoms with Gasteiger partial charge in [0, 0.05) is 36.2 Å². The molecule has 1 amide bonds. The van der Waals surface area contributed by atoms with E-state index in [1.54, 1.807) is 59.8 Å². The molecule has 0 fully saturated rings. The second-order valence-electron chi connectivity index (χ2n) is 5.17. The van der Waals surface area contributed by atoms with Gasteiger partial charge in [-0.2, -0.15) is 0 Å². The van der Waals surface area contributed by atoms with E-state index in [0.29, 0.717) is 17.3 Å². The highest BCUT2D eigenvalue weighted by Gasteiger charge is 2.14. The number of hydrogen-bond acceptors (Lipinski definition) is 6. The molecule has 0 atom stereocenters. The molecule has 0 bridgehead atoms. The van der Waals surface area contributed by atoms with Gasteiger partial charge in [0.1, 0.15) is 6.33 Å². The molecule has 4 aromatic rings. The van der Waals surface area contributed by atoms with Gasteiger partial charge >= 0.3 is 0 Å². The fourth-order valence-electron chi connectivity index (χ4n) is 2.32. The molecule has 0 aliphatic heterocycles. The predicted molar refractivity (Wildman–Crippen MR) is 92.7 cm³/mol. The van der Waals surface area contributed by atoms with Crippen molar-refractivity contribution in [2.45, 2.75) is 0 Å². The van der Waals surface area contributed by atoms with Gasteiger partial charge in [-0.15, -0.1) is 0 Å². The van der Waals surface area contributed by atoms with Gasteiger partial charge < -0.3 is 10.6 Å². The number of aromatic nitrogens is 5. The first-order valence-corrected chi connectivity index (χ1v) is 7.53. The Kier molecular flexibility index (Phi) is 3.76. The molecule has 4 rings (SSSR count). The largest absolute Gasteiger partial charge is 0.324 e. The van der Waals surface area contributed by atoms with E-state index in [0.717, 1.165) is 5.69 Å². The minimum Gasteiger partial charge on any atom is -0.324 e. The zero-order valence-electron chi connectivity index (χ0n) is 13.0. The first-order chi connectivity index (χ1) is 12.3. The van der Waals surface area contributed by atoms with Crippen LogP contribution in [0.2, 0.25) is 0 Å². The van der Waals surface area contributed by atoms with Crippen molar-refractivity contribution in [1.82, 2.24) is 24.3 Å². The van der Waals surface area contributed by atoms with Gasteiger partial charge in [0.05, 0.1) is 0 Å². The van der Waals surface area contributed by atoms with Gasteiger partial charge in [-0.1, -0.05) is 0 Å². The van der Waals surface area contributed by atoms with Crippen molar-refractivity contribution in [2.24, 2.45) is 0 Å². The number of benzene rings is 1. The summed E-state index contributed by atoms with van der Waals surface area (Å²) in [4.78, 5) is 28.9. The maximum atomic E-state index is 12.4. The lowest BCUT2D eigenvalue weighted by Crippen LogP contribution is -2.13. The molecule has 0 aliphatic carbocycles. The summed E-state index contributed by atoms with van der Waals surface area (Å²) in [5, 5.41) is 5.89. The van der Waals surface area contributed by atoms with Gasteiger partial charge in [-0.25, -0.2) is 19.9 Å². The highest BCUT2D eigenvalue weighted by Crippen LogP contribution is 2.17. The molecule has 25 heavy (non-hydrogen) atoms. The van der Waals surface area contributed by atoms with Gasteiger partial charge in [0.15, 0.2) is 11.3 Å². The van der Waals surface area contributed by atoms with Crippen LogP contribution in [0, 0.1) is 0 Å². The van der Waals surface area contributed by atoms with Crippen molar-refractivity contribution in [2.75, 3.05) is 10.6 Å². The zero-order chi connectivity index (χ0) is 17.1. The summed E-state index contributed by atoms with van der Waals surface area (Å²) in [6, 6.07) is 10.8. The summed E-state index contributed by atoms with van der Waals surface area (Å²) in [6.07, 6.45) is 8.29. The number of carbonyl (C=O) groups excluding carboxylic acids is 1. The summed E-state index contributed by atoms with van der Waals surface area (Å²) in [5.74, 6) is 0.197. The molecular weight excluding hydrogens is 318 g/mol. The number of nitrogens with zero attached hydrogens (tertiary/aromatic N) is 5. The number of nitrogens with one attached hydrogen (secondary N) is 2. The third-order valence-corrected chi connectivity index (χ3v) is 3.48. The Bertz CT molecular complexity index is 1010. The minimum atomic E-state index is -0.312. The summed E-state index contributed by atoms with van der Waals surface area (Å²) in [7, 11) is 0. The van der Waals surface area contributed by atoms with Gasteiger partial charge in [0.2, 0.25) is 5.95 Å². The number of fused-ring (bicyclic) bond motifs is 1. The lowest BCUT2D eigenvalue weighted by Gasteiger charge is -2.07. The third kappa shape index (κ3) is 3.13. The van der Waals surface area contributed by atoms with E-state index in [1.165, 1.54) is 0 Å². The van der Waals surface area contributed by atoms with Crippen molar-refractivity contribution in [3.05, 3.63) is 73.2 Å². The number of imidazole rings is 1. The fourth-order valence-corrected chi connectivity index (χ4v) is 2.32. The maximum absolute atomic E-state index is 12.4. The Morgan fingerprint density at radius 3 is 2.40 bits per heavy atom. The Balaban J connectivity index is 1.48. The van der Waals surface area contributed by atoms with Crippen molar-refractivity contribution >= 4 is 28.9 Å². The van der Waals surface area contributed by atoms with Crippen molar-refractivity contribution in [3.8, 4) is 0 Å². The summed E-state index contributed by atoms with van der Waals surface area (Å²) in [5.41, 5.74) is 2.26. The summed E-state index contributed by atoms with van der Waals surface area (Å²) >= 11 is 0. The van der Waals surface area contributed by atoms with Crippen molar-refractivity contribution in [1.29, 1.82) is 0 Å². The molecule has 0 unspecified atom stereocenters. The monoisotopic (exact) mass is 331 g/mol. The average molecular weight is 331 g/mol. The van der Waals surface area contributed by atoms with Crippen LogP contribution in [0.15, 0.2) is 67.5 Å². The van der Waals surface area contributed by atoms with Crippen LogP contribution in [0.3, 0.4) is 0 Å². The SMILES string of the molecule is O=C(Nc1ccc(Nc2ncccn2)cc1)c1ncn2cccnc12. The number of hydrogen-bond donors (Lipinski definition) is 2. The second-order valence-corrected chi connectivity index (χ2v) is 5.17. The first kappa shape index (κ1) is 14.8. The Labute approximate surface area is 142 Å². The lowest BCUT2D eigenvalue weighted by atomic mass is 10.2. The number of anilines is 3. The van der Waals surface area contributed by atoms with E-state index in [4.69, 9.17) is 0 Å². The molecule has 3 heterocycles. The Morgan fingerprint density at radius 1 is 0.880 bits per heavy atom. The van der Waals surface area contributed by atoms with Crippen LogP contribution >= 0.6 is 0 Å². The highest BCUT2D eigenvalue weighted by molar-refractivity contribution is 6.06. The van der Waals surface area contributed by atoms with Crippen LogP contribution < -0.4 is 10.6 Å². The molecule has 0 saturated heterocycles. The van der Waals surface area contributed by atoms with Crippen LogP contribution in [0.5, 0.6) is 0 Å². The molecule has 122 valence electrons. The lowest BCUT2D eigenvalue weighted by molar-refractivity contribution is 0.102. The normalized spacial score (nSPS) is 10.6.